The Morgan fingerprint density at radius 1 is 1.56 bits per heavy atom. The van der Waals surface area contributed by atoms with Crippen LogP contribution in [-0.4, -0.2) is 32.8 Å². The topological polar surface area (TPSA) is 58.2 Å². The van der Waals surface area contributed by atoms with Gasteiger partial charge in [0, 0.05) is 23.7 Å². The number of aromatic amines is 1. The summed E-state index contributed by atoms with van der Waals surface area (Å²) in [7, 11) is 0. The van der Waals surface area contributed by atoms with E-state index < -0.39 is 5.60 Å². The first kappa shape index (κ1) is 13.4. The molecular formula is C12H18BrN3O2. The molecule has 1 aliphatic rings. The van der Waals surface area contributed by atoms with E-state index in [2.05, 4.69) is 26.1 Å². The predicted octanol–water partition coefficient (Wildman–Crippen LogP) is 2.85. The van der Waals surface area contributed by atoms with Gasteiger partial charge in [-0.05, 0) is 43.6 Å². The van der Waals surface area contributed by atoms with Crippen molar-refractivity contribution in [3.63, 3.8) is 0 Å². The minimum absolute atomic E-state index is 0.111. The highest BCUT2D eigenvalue weighted by atomic mass is 79.9. The molecule has 0 fully saturated rings. The van der Waals surface area contributed by atoms with Gasteiger partial charge in [-0.25, -0.2) is 4.79 Å². The third-order valence-corrected chi connectivity index (χ3v) is 3.55. The molecule has 0 saturated heterocycles. The SMILES string of the molecule is CC1Cc2[nH]nc(Br)c2CN1C(=O)OC(C)(C)C. The number of nitrogens with zero attached hydrogens (tertiary/aromatic N) is 2. The van der Waals surface area contributed by atoms with Crippen LogP contribution in [0.5, 0.6) is 0 Å². The van der Waals surface area contributed by atoms with Crippen molar-refractivity contribution in [2.45, 2.75) is 52.3 Å². The summed E-state index contributed by atoms with van der Waals surface area (Å²) in [5.41, 5.74) is 1.66. The van der Waals surface area contributed by atoms with E-state index >= 15 is 0 Å². The van der Waals surface area contributed by atoms with Gasteiger partial charge in [-0.2, -0.15) is 5.10 Å². The molecule has 1 aromatic rings. The summed E-state index contributed by atoms with van der Waals surface area (Å²) in [4.78, 5) is 13.9. The first-order chi connectivity index (χ1) is 8.28. The van der Waals surface area contributed by atoms with Crippen molar-refractivity contribution in [3.05, 3.63) is 15.9 Å². The van der Waals surface area contributed by atoms with Gasteiger partial charge in [0.05, 0.1) is 6.54 Å². The maximum atomic E-state index is 12.1. The summed E-state index contributed by atoms with van der Waals surface area (Å²) in [5, 5.41) is 7.10. The second kappa shape index (κ2) is 4.57. The van der Waals surface area contributed by atoms with Crippen LogP contribution in [0.4, 0.5) is 4.79 Å². The predicted molar refractivity (Wildman–Crippen MR) is 71.2 cm³/mol. The molecule has 18 heavy (non-hydrogen) atoms. The number of H-pyrrole nitrogens is 1. The largest absolute Gasteiger partial charge is 0.444 e. The standard InChI is InChI=1S/C12H18BrN3O2/c1-7-5-9-8(10(13)15-14-9)6-16(7)11(17)18-12(2,3)4/h7H,5-6H2,1-4H3,(H,14,15). The van der Waals surface area contributed by atoms with E-state index in [0.29, 0.717) is 6.54 Å². The average molecular weight is 316 g/mol. The number of ether oxygens (including phenoxy) is 1. The molecule has 0 aliphatic carbocycles. The number of halogens is 1. The normalized spacial score (nSPS) is 19.6. The summed E-state index contributed by atoms with van der Waals surface area (Å²) in [6, 6.07) is 0.111. The highest BCUT2D eigenvalue weighted by Crippen LogP contribution is 2.28. The van der Waals surface area contributed by atoms with Crippen LogP contribution in [0.1, 0.15) is 39.0 Å². The van der Waals surface area contributed by atoms with Crippen LogP contribution in [0.3, 0.4) is 0 Å². The van der Waals surface area contributed by atoms with Gasteiger partial charge in [-0.3, -0.25) is 5.10 Å². The number of nitrogens with one attached hydrogen (secondary N) is 1. The second-order valence-corrected chi connectivity index (χ2v) is 6.38. The van der Waals surface area contributed by atoms with Gasteiger partial charge in [0.1, 0.15) is 10.2 Å². The first-order valence-electron chi connectivity index (χ1n) is 5.99. The monoisotopic (exact) mass is 315 g/mol. The lowest BCUT2D eigenvalue weighted by molar-refractivity contribution is 0.0137. The van der Waals surface area contributed by atoms with Crippen molar-refractivity contribution >= 4 is 22.0 Å². The molecule has 0 saturated carbocycles. The van der Waals surface area contributed by atoms with E-state index in [1.165, 1.54) is 0 Å². The molecule has 1 aliphatic heterocycles. The molecule has 2 heterocycles. The van der Waals surface area contributed by atoms with Crippen molar-refractivity contribution in [3.8, 4) is 0 Å². The molecule has 0 spiro atoms. The van der Waals surface area contributed by atoms with Crippen LogP contribution in [0.25, 0.3) is 0 Å². The molecule has 0 bridgehead atoms. The van der Waals surface area contributed by atoms with Crippen molar-refractivity contribution in [2.24, 2.45) is 0 Å². The third-order valence-electron chi connectivity index (χ3n) is 2.89. The number of amides is 1. The second-order valence-electron chi connectivity index (χ2n) is 5.63. The third kappa shape index (κ3) is 2.68. The van der Waals surface area contributed by atoms with Crippen molar-refractivity contribution < 1.29 is 9.53 Å². The van der Waals surface area contributed by atoms with Gasteiger partial charge >= 0.3 is 6.09 Å². The van der Waals surface area contributed by atoms with Crippen LogP contribution in [0.15, 0.2) is 4.60 Å². The highest BCUT2D eigenvalue weighted by molar-refractivity contribution is 9.10. The van der Waals surface area contributed by atoms with E-state index in [-0.39, 0.29) is 12.1 Å². The Kier molecular flexibility index (Phi) is 3.40. The van der Waals surface area contributed by atoms with Crippen LogP contribution < -0.4 is 0 Å². The molecule has 2 rings (SSSR count). The number of hydrogen-bond acceptors (Lipinski definition) is 3. The number of carbonyl (C=O) groups is 1. The highest BCUT2D eigenvalue weighted by Gasteiger charge is 2.32. The van der Waals surface area contributed by atoms with Gasteiger partial charge in [-0.15, -0.1) is 0 Å². The molecule has 1 N–H and O–H groups in total. The fourth-order valence-corrected chi connectivity index (χ4v) is 2.46. The zero-order chi connectivity index (χ0) is 13.5. The Bertz CT molecular complexity index is 464. The number of hydrogen-bond donors (Lipinski definition) is 1. The lowest BCUT2D eigenvalue weighted by atomic mass is 10.0. The van der Waals surface area contributed by atoms with Crippen molar-refractivity contribution in [2.75, 3.05) is 0 Å². The molecule has 0 radical (unpaired) electrons. The fraction of sp³-hybridized carbons (Fsp3) is 0.667. The fourth-order valence-electron chi connectivity index (χ4n) is 2.00. The minimum atomic E-state index is -0.468. The maximum Gasteiger partial charge on any atom is 0.410 e. The smallest absolute Gasteiger partial charge is 0.410 e. The summed E-state index contributed by atoms with van der Waals surface area (Å²) < 4.78 is 6.20. The van der Waals surface area contributed by atoms with Gasteiger partial charge < -0.3 is 9.64 Å². The van der Waals surface area contributed by atoms with Crippen LogP contribution in [0, 0.1) is 0 Å². The number of rotatable bonds is 0. The molecule has 1 atom stereocenters. The Labute approximate surface area is 115 Å². The number of carbonyl (C=O) groups excluding carboxylic acids is 1. The summed E-state index contributed by atoms with van der Waals surface area (Å²) in [5.74, 6) is 0. The summed E-state index contributed by atoms with van der Waals surface area (Å²) >= 11 is 3.39. The minimum Gasteiger partial charge on any atom is -0.444 e. The lowest BCUT2D eigenvalue weighted by Gasteiger charge is -2.34. The average Bonchev–Trinajstić information content (AvgIpc) is 2.56. The number of aromatic nitrogens is 2. The summed E-state index contributed by atoms with van der Waals surface area (Å²) in [6.07, 6.45) is 0.501. The first-order valence-corrected chi connectivity index (χ1v) is 6.78. The number of fused-ring (bicyclic) bond motifs is 1. The Morgan fingerprint density at radius 3 is 2.83 bits per heavy atom. The quantitative estimate of drug-likeness (QED) is 0.801. The van der Waals surface area contributed by atoms with Gasteiger partial charge in [0.2, 0.25) is 0 Å². The van der Waals surface area contributed by atoms with Gasteiger partial charge in [-0.1, -0.05) is 0 Å². The Hall–Kier alpha value is -1.04. The molecule has 5 nitrogen and oxygen atoms in total. The van der Waals surface area contributed by atoms with Crippen LogP contribution in [0.2, 0.25) is 0 Å². The van der Waals surface area contributed by atoms with E-state index in [4.69, 9.17) is 4.74 Å². The zero-order valence-corrected chi connectivity index (χ0v) is 12.7. The molecular weight excluding hydrogens is 298 g/mol. The molecule has 0 aromatic carbocycles. The molecule has 1 amide bonds. The van der Waals surface area contributed by atoms with Gasteiger partial charge in [0.15, 0.2) is 0 Å². The van der Waals surface area contributed by atoms with Crippen LogP contribution >= 0.6 is 15.9 Å². The zero-order valence-electron chi connectivity index (χ0n) is 11.1. The Balaban J connectivity index is 2.16. The van der Waals surface area contributed by atoms with E-state index in [1.54, 1.807) is 4.90 Å². The molecule has 100 valence electrons. The van der Waals surface area contributed by atoms with Gasteiger partial charge in [0.25, 0.3) is 0 Å². The molecule has 6 heteroatoms. The van der Waals surface area contributed by atoms with E-state index in [9.17, 15) is 4.79 Å². The molecule has 1 unspecified atom stereocenters. The maximum absolute atomic E-state index is 12.1. The van der Waals surface area contributed by atoms with E-state index in [0.717, 1.165) is 22.3 Å². The Morgan fingerprint density at radius 2 is 2.22 bits per heavy atom. The lowest BCUT2D eigenvalue weighted by Crippen LogP contribution is -2.45. The summed E-state index contributed by atoms with van der Waals surface area (Å²) in [6.45, 7) is 8.17. The molecule has 1 aromatic heterocycles. The van der Waals surface area contributed by atoms with Crippen LogP contribution in [-0.2, 0) is 17.7 Å². The van der Waals surface area contributed by atoms with Crippen molar-refractivity contribution in [1.29, 1.82) is 0 Å². The van der Waals surface area contributed by atoms with E-state index in [1.807, 2.05) is 27.7 Å². The van der Waals surface area contributed by atoms with Crippen molar-refractivity contribution in [1.82, 2.24) is 15.1 Å².